The van der Waals surface area contributed by atoms with Crippen LogP contribution in [-0.4, -0.2) is 35.5 Å². The summed E-state index contributed by atoms with van der Waals surface area (Å²) in [6, 6.07) is 0. The number of nitrogens with two attached hydrogens (primary N) is 2. The van der Waals surface area contributed by atoms with Gasteiger partial charge >= 0.3 is 0 Å². The van der Waals surface area contributed by atoms with Gasteiger partial charge in [0, 0.05) is 11.5 Å². The molecule has 64 valence electrons. The smallest absolute Gasteiger partial charge is 0.00857 e. The fourth-order valence-electron chi connectivity index (χ4n) is 0.966. The SMILES string of the molecule is CS1(C)CCS(N)(N)CC1. The van der Waals surface area contributed by atoms with Gasteiger partial charge < -0.3 is 0 Å². The van der Waals surface area contributed by atoms with Crippen molar-refractivity contribution in [3.63, 3.8) is 0 Å². The second-order valence-corrected chi connectivity index (χ2v) is 10.8. The molecule has 10 heavy (non-hydrogen) atoms. The van der Waals surface area contributed by atoms with Crippen LogP contribution in [0.2, 0.25) is 0 Å². The highest BCUT2D eigenvalue weighted by Gasteiger charge is 2.25. The number of hydrogen-bond acceptors (Lipinski definition) is 2. The normalized spacial score (nSPS) is 36.4. The van der Waals surface area contributed by atoms with Gasteiger partial charge in [0.05, 0.1) is 0 Å². The third kappa shape index (κ3) is 2.34. The minimum absolute atomic E-state index is 0.293. The third-order valence-corrected chi connectivity index (χ3v) is 7.10. The van der Waals surface area contributed by atoms with Crippen molar-refractivity contribution in [2.45, 2.75) is 0 Å². The molecule has 0 spiro atoms. The van der Waals surface area contributed by atoms with Gasteiger partial charge in [-0.1, -0.05) is 0 Å². The second-order valence-electron chi connectivity index (χ2n) is 3.59. The van der Waals surface area contributed by atoms with Crippen LogP contribution in [-0.2, 0) is 0 Å². The zero-order valence-corrected chi connectivity index (χ0v) is 8.43. The van der Waals surface area contributed by atoms with Gasteiger partial charge in [0.2, 0.25) is 0 Å². The molecule has 0 aromatic heterocycles. The molecule has 1 aliphatic heterocycles. The molecular weight excluding hydrogens is 164 g/mol. The van der Waals surface area contributed by atoms with E-state index in [1.807, 2.05) is 0 Å². The molecule has 0 unspecified atom stereocenters. The average molecular weight is 182 g/mol. The van der Waals surface area contributed by atoms with E-state index < -0.39 is 10.4 Å². The van der Waals surface area contributed by atoms with Crippen molar-refractivity contribution < 1.29 is 0 Å². The summed E-state index contributed by atoms with van der Waals surface area (Å²) in [7, 11) is -1.43. The highest BCUT2D eigenvalue weighted by Crippen LogP contribution is 2.50. The van der Waals surface area contributed by atoms with Gasteiger partial charge in [-0.25, -0.2) is 10.0 Å². The maximum Gasteiger partial charge on any atom is 0.00857 e. The summed E-state index contributed by atoms with van der Waals surface area (Å²) in [5.74, 6) is 4.76. The molecule has 0 amide bonds. The zero-order valence-electron chi connectivity index (χ0n) is 6.80. The molecule has 0 radical (unpaired) electrons. The third-order valence-electron chi connectivity index (χ3n) is 2.03. The Bertz CT molecular complexity index is 106. The van der Waals surface area contributed by atoms with Gasteiger partial charge in [-0.2, -0.15) is 0 Å². The van der Waals surface area contributed by atoms with Crippen LogP contribution in [0.4, 0.5) is 0 Å². The van der Waals surface area contributed by atoms with Crippen molar-refractivity contribution in [2.24, 2.45) is 10.3 Å². The van der Waals surface area contributed by atoms with Crippen LogP contribution >= 0.6 is 20.4 Å². The van der Waals surface area contributed by atoms with E-state index in [1.165, 1.54) is 11.5 Å². The molecule has 0 atom stereocenters. The molecule has 1 rings (SSSR count). The van der Waals surface area contributed by atoms with Crippen LogP contribution in [0.25, 0.3) is 0 Å². The highest BCUT2D eigenvalue weighted by molar-refractivity contribution is 8.37. The van der Waals surface area contributed by atoms with E-state index in [9.17, 15) is 0 Å². The first-order valence-corrected chi connectivity index (χ1v) is 8.33. The summed E-state index contributed by atoms with van der Waals surface area (Å²) in [4.78, 5) is 0. The van der Waals surface area contributed by atoms with Crippen LogP contribution in [0.15, 0.2) is 0 Å². The fourth-order valence-corrected chi connectivity index (χ4v) is 7.47. The molecule has 2 nitrogen and oxygen atoms in total. The first kappa shape index (κ1) is 8.71. The monoisotopic (exact) mass is 182 g/mol. The molecular formula is C6H18N2S2. The lowest BCUT2D eigenvalue weighted by molar-refractivity contribution is 1.31. The van der Waals surface area contributed by atoms with Gasteiger partial charge in [-0.15, -0.1) is 10.4 Å². The molecule has 0 saturated carbocycles. The quantitative estimate of drug-likeness (QED) is 0.577. The van der Waals surface area contributed by atoms with Crippen LogP contribution in [0.3, 0.4) is 0 Å². The van der Waals surface area contributed by atoms with E-state index in [0.29, 0.717) is 0 Å². The Balaban J connectivity index is 2.46. The van der Waals surface area contributed by atoms with E-state index in [-0.39, 0.29) is 10.0 Å². The molecule has 1 aliphatic rings. The lowest BCUT2D eigenvalue weighted by Crippen LogP contribution is -2.36. The van der Waals surface area contributed by atoms with Crippen LogP contribution < -0.4 is 10.3 Å². The Labute approximate surface area is 66.6 Å². The molecule has 4 heteroatoms. The minimum atomic E-state index is -1.13. The standard InChI is InChI=1S/C6H18N2S2/c1-9(2)3-5-10(7,8)6-4-9/h3-8H2,1-2H3. The largest absolute Gasteiger partial charge is 0.284 e. The summed E-state index contributed by atoms with van der Waals surface area (Å²) in [5.41, 5.74) is 0. The summed E-state index contributed by atoms with van der Waals surface area (Å²) in [6.45, 7) is 0. The summed E-state index contributed by atoms with van der Waals surface area (Å²) >= 11 is 0. The first-order valence-electron chi connectivity index (χ1n) is 3.44. The highest BCUT2D eigenvalue weighted by atomic mass is 32.3. The number of rotatable bonds is 0. The van der Waals surface area contributed by atoms with E-state index in [1.54, 1.807) is 0 Å². The summed E-state index contributed by atoms with van der Waals surface area (Å²) in [5, 5.41) is 11.7. The molecule has 0 aliphatic carbocycles. The maximum atomic E-state index is 5.87. The van der Waals surface area contributed by atoms with Crippen molar-refractivity contribution in [3.8, 4) is 0 Å². The van der Waals surface area contributed by atoms with Crippen molar-refractivity contribution in [3.05, 3.63) is 0 Å². The van der Waals surface area contributed by atoms with Gasteiger partial charge in [0.1, 0.15) is 0 Å². The molecule has 0 bridgehead atoms. The van der Waals surface area contributed by atoms with Crippen molar-refractivity contribution in [2.75, 3.05) is 35.5 Å². The van der Waals surface area contributed by atoms with Crippen molar-refractivity contribution in [1.29, 1.82) is 0 Å². The molecule has 1 heterocycles. The van der Waals surface area contributed by atoms with Gasteiger partial charge in [-0.3, -0.25) is 10.3 Å². The fraction of sp³-hybridized carbons (Fsp3) is 1.00. The van der Waals surface area contributed by atoms with Crippen molar-refractivity contribution >= 4 is 20.4 Å². The first-order chi connectivity index (χ1) is 4.41. The average Bonchev–Trinajstić information content (AvgIpc) is 1.79. The molecule has 0 aromatic carbocycles. The predicted octanol–water partition coefficient (Wildman–Crippen LogP) is 0.616. The zero-order chi connectivity index (χ0) is 7.83. The Morgan fingerprint density at radius 1 is 0.900 bits per heavy atom. The minimum Gasteiger partial charge on any atom is -0.284 e. The van der Waals surface area contributed by atoms with Gasteiger partial charge in [-0.05, 0) is 24.0 Å². The Hall–Kier alpha value is 0.620. The summed E-state index contributed by atoms with van der Waals surface area (Å²) in [6.07, 6.45) is 4.75. The Kier molecular flexibility index (Phi) is 2.26. The topological polar surface area (TPSA) is 52.0 Å². The van der Waals surface area contributed by atoms with Crippen molar-refractivity contribution in [1.82, 2.24) is 0 Å². The Morgan fingerprint density at radius 3 is 1.60 bits per heavy atom. The lowest BCUT2D eigenvalue weighted by atomic mass is 10.9. The number of hydrogen-bond donors (Lipinski definition) is 2. The van der Waals surface area contributed by atoms with E-state index in [4.69, 9.17) is 10.3 Å². The van der Waals surface area contributed by atoms with Crippen LogP contribution in [0.5, 0.6) is 0 Å². The molecule has 1 fully saturated rings. The molecule has 4 N–H and O–H groups in total. The predicted molar refractivity (Wildman–Crippen MR) is 54.9 cm³/mol. The molecule has 0 aromatic rings. The van der Waals surface area contributed by atoms with Gasteiger partial charge in [0.15, 0.2) is 0 Å². The summed E-state index contributed by atoms with van der Waals surface area (Å²) < 4.78 is 0. The molecule has 1 saturated heterocycles. The Morgan fingerprint density at radius 2 is 1.30 bits per heavy atom. The second kappa shape index (κ2) is 2.59. The van der Waals surface area contributed by atoms with Crippen LogP contribution in [0.1, 0.15) is 0 Å². The van der Waals surface area contributed by atoms with Gasteiger partial charge in [0.25, 0.3) is 0 Å². The van der Waals surface area contributed by atoms with E-state index in [2.05, 4.69) is 12.5 Å². The lowest BCUT2D eigenvalue weighted by Gasteiger charge is -2.45. The maximum absolute atomic E-state index is 5.87. The van der Waals surface area contributed by atoms with Crippen LogP contribution in [0, 0.1) is 0 Å². The van der Waals surface area contributed by atoms with E-state index in [0.717, 1.165) is 11.5 Å². The van der Waals surface area contributed by atoms with E-state index >= 15 is 0 Å².